The van der Waals surface area contributed by atoms with Crippen LogP contribution in [0.1, 0.15) is 19.8 Å². The molecule has 6 nitrogen and oxygen atoms in total. The molecule has 0 unspecified atom stereocenters. The first kappa shape index (κ1) is 13.1. The molecule has 1 saturated heterocycles. The van der Waals surface area contributed by atoms with Gasteiger partial charge in [0.25, 0.3) is 0 Å². The first-order valence-electron chi connectivity index (χ1n) is 6.81. The van der Waals surface area contributed by atoms with E-state index in [4.69, 9.17) is 14.2 Å². The van der Waals surface area contributed by atoms with Gasteiger partial charge in [-0.1, -0.05) is 0 Å². The molecular formula is C14H18N2O4. The van der Waals surface area contributed by atoms with Crippen LogP contribution in [0.25, 0.3) is 0 Å². The fraction of sp³-hybridized carbons (Fsp3) is 0.500. The lowest BCUT2D eigenvalue weighted by Gasteiger charge is -2.20. The highest BCUT2D eigenvalue weighted by molar-refractivity contribution is 5.89. The van der Waals surface area contributed by atoms with Crippen molar-refractivity contribution in [3.05, 3.63) is 18.2 Å². The van der Waals surface area contributed by atoms with E-state index in [-0.39, 0.29) is 25.0 Å². The highest BCUT2D eigenvalue weighted by Gasteiger charge is 2.23. The number of anilines is 1. The van der Waals surface area contributed by atoms with Gasteiger partial charge in [0.05, 0.1) is 12.1 Å². The summed E-state index contributed by atoms with van der Waals surface area (Å²) < 4.78 is 16.0. The van der Waals surface area contributed by atoms with Crippen LogP contribution in [-0.4, -0.2) is 31.6 Å². The molecule has 1 aromatic rings. The number of fused-ring (bicyclic) bond motifs is 1. The number of carbonyl (C=O) groups is 1. The van der Waals surface area contributed by atoms with Crippen molar-refractivity contribution in [3.63, 3.8) is 0 Å². The van der Waals surface area contributed by atoms with Crippen molar-refractivity contribution in [1.29, 1.82) is 0 Å². The summed E-state index contributed by atoms with van der Waals surface area (Å²) in [4.78, 5) is 11.9. The second-order valence-electron chi connectivity index (χ2n) is 5.01. The van der Waals surface area contributed by atoms with Crippen molar-refractivity contribution < 1.29 is 19.0 Å². The lowest BCUT2D eigenvalue weighted by molar-refractivity contribution is 0.0868. The minimum absolute atomic E-state index is 0.00786. The molecular weight excluding hydrogens is 260 g/mol. The van der Waals surface area contributed by atoms with Gasteiger partial charge in [-0.15, -0.1) is 0 Å². The number of carbonyl (C=O) groups excluding carboxylic acids is 1. The molecule has 1 fully saturated rings. The van der Waals surface area contributed by atoms with Crippen LogP contribution in [0.5, 0.6) is 11.5 Å². The lowest BCUT2D eigenvalue weighted by Crippen LogP contribution is -2.42. The molecule has 0 bridgehead atoms. The summed E-state index contributed by atoms with van der Waals surface area (Å²) in [6.45, 7) is 2.96. The van der Waals surface area contributed by atoms with Crippen molar-refractivity contribution in [2.45, 2.75) is 31.9 Å². The Kier molecular flexibility index (Phi) is 3.64. The number of rotatable bonds is 3. The minimum Gasteiger partial charge on any atom is -0.454 e. The van der Waals surface area contributed by atoms with Gasteiger partial charge in [0.15, 0.2) is 11.5 Å². The monoisotopic (exact) mass is 278 g/mol. The normalized spacial score (nSPS) is 21.6. The van der Waals surface area contributed by atoms with E-state index in [2.05, 4.69) is 10.6 Å². The molecule has 1 aromatic carbocycles. The van der Waals surface area contributed by atoms with Gasteiger partial charge in [-0.2, -0.15) is 0 Å². The van der Waals surface area contributed by atoms with Crippen LogP contribution in [-0.2, 0) is 4.74 Å². The highest BCUT2D eigenvalue weighted by atomic mass is 16.7. The van der Waals surface area contributed by atoms with E-state index in [1.165, 1.54) is 0 Å². The first-order chi connectivity index (χ1) is 9.72. The topological polar surface area (TPSA) is 68.8 Å². The van der Waals surface area contributed by atoms with Crippen LogP contribution in [0, 0.1) is 0 Å². The Labute approximate surface area is 117 Å². The Morgan fingerprint density at radius 1 is 1.35 bits per heavy atom. The van der Waals surface area contributed by atoms with Gasteiger partial charge in [-0.3, -0.25) is 0 Å². The standard InChI is InChI=1S/C14H18N2O4/c1-9(11-3-2-6-18-11)15-14(17)16-10-4-5-12-13(7-10)20-8-19-12/h4-5,7,9,11H,2-3,6,8H2,1H3,(H2,15,16,17)/t9-,11+/m0/s1. The van der Waals surface area contributed by atoms with Gasteiger partial charge in [-0.25, -0.2) is 4.79 Å². The van der Waals surface area contributed by atoms with Crippen LogP contribution in [0.2, 0.25) is 0 Å². The maximum atomic E-state index is 11.9. The summed E-state index contributed by atoms with van der Waals surface area (Å²) in [5.74, 6) is 1.35. The maximum Gasteiger partial charge on any atom is 0.319 e. The van der Waals surface area contributed by atoms with Crippen molar-refractivity contribution >= 4 is 11.7 Å². The molecule has 108 valence electrons. The predicted molar refractivity (Wildman–Crippen MR) is 73.2 cm³/mol. The van der Waals surface area contributed by atoms with Crippen molar-refractivity contribution in [1.82, 2.24) is 5.32 Å². The predicted octanol–water partition coefficient (Wildman–Crippen LogP) is 2.10. The molecule has 20 heavy (non-hydrogen) atoms. The molecule has 2 atom stereocenters. The fourth-order valence-corrected chi connectivity index (χ4v) is 2.44. The average Bonchev–Trinajstić information content (AvgIpc) is 3.09. The lowest BCUT2D eigenvalue weighted by atomic mass is 10.1. The summed E-state index contributed by atoms with van der Waals surface area (Å²) in [6, 6.07) is 5.06. The number of nitrogens with one attached hydrogen (secondary N) is 2. The molecule has 2 N–H and O–H groups in total. The summed E-state index contributed by atoms with van der Waals surface area (Å²) in [5.41, 5.74) is 0.672. The fourth-order valence-electron chi connectivity index (χ4n) is 2.44. The van der Waals surface area contributed by atoms with Gasteiger partial charge in [0.2, 0.25) is 6.79 Å². The van der Waals surface area contributed by atoms with Crippen LogP contribution < -0.4 is 20.1 Å². The minimum atomic E-state index is -0.244. The van der Waals surface area contributed by atoms with Crippen molar-refractivity contribution in [2.75, 3.05) is 18.7 Å². The zero-order valence-electron chi connectivity index (χ0n) is 11.3. The smallest absolute Gasteiger partial charge is 0.319 e. The molecule has 3 rings (SSSR count). The SMILES string of the molecule is C[C@H](NC(=O)Nc1ccc2c(c1)OCO2)[C@H]1CCCO1. The van der Waals surface area contributed by atoms with E-state index in [0.717, 1.165) is 19.4 Å². The molecule has 2 heterocycles. The van der Waals surface area contributed by atoms with E-state index in [1.807, 2.05) is 6.92 Å². The largest absolute Gasteiger partial charge is 0.454 e. The zero-order chi connectivity index (χ0) is 13.9. The first-order valence-corrected chi connectivity index (χ1v) is 6.81. The average molecular weight is 278 g/mol. The van der Waals surface area contributed by atoms with Crippen LogP contribution in [0.3, 0.4) is 0 Å². The zero-order valence-corrected chi connectivity index (χ0v) is 11.3. The van der Waals surface area contributed by atoms with E-state index < -0.39 is 0 Å². The highest BCUT2D eigenvalue weighted by Crippen LogP contribution is 2.34. The Bertz CT molecular complexity index is 500. The van der Waals surface area contributed by atoms with Crippen LogP contribution >= 0.6 is 0 Å². The number of hydrogen-bond acceptors (Lipinski definition) is 4. The molecule has 2 aliphatic heterocycles. The number of amides is 2. The third-order valence-corrected chi connectivity index (χ3v) is 3.51. The number of ether oxygens (including phenoxy) is 3. The maximum absolute atomic E-state index is 11.9. The molecule has 0 spiro atoms. The Balaban J connectivity index is 1.55. The van der Waals surface area contributed by atoms with E-state index in [0.29, 0.717) is 17.2 Å². The summed E-state index contributed by atoms with van der Waals surface area (Å²) >= 11 is 0. The van der Waals surface area contributed by atoms with Gasteiger partial charge in [-0.05, 0) is 31.9 Å². The number of urea groups is 1. The van der Waals surface area contributed by atoms with E-state index >= 15 is 0 Å². The summed E-state index contributed by atoms with van der Waals surface area (Å²) in [6.07, 6.45) is 2.16. The van der Waals surface area contributed by atoms with E-state index in [9.17, 15) is 4.79 Å². The van der Waals surface area contributed by atoms with Crippen LogP contribution in [0.4, 0.5) is 10.5 Å². The quantitative estimate of drug-likeness (QED) is 0.888. The Morgan fingerprint density at radius 3 is 3.00 bits per heavy atom. The Hall–Kier alpha value is -1.95. The molecule has 6 heteroatoms. The number of hydrogen-bond donors (Lipinski definition) is 2. The van der Waals surface area contributed by atoms with Crippen molar-refractivity contribution in [2.24, 2.45) is 0 Å². The van der Waals surface area contributed by atoms with Crippen LogP contribution in [0.15, 0.2) is 18.2 Å². The van der Waals surface area contributed by atoms with Gasteiger partial charge in [0.1, 0.15) is 0 Å². The third-order valence-electron chi connectivity index (χ3n) is 3.51. The molecule has 2 amide bonds. The summed E-state index contributed by atoms with van der Waals surface area (Å²) in [7, 11) is 0. The van der Waals surface area contributed by atoms with Gasteiger partial charge < -0.3 is 24.8 Å². The molecule has 2 aliphatic rings. The number of benzene rings is 1. The second-order valence-corrected chi connectivity index (χ2v) is 5.01. The molecule has 0 aromatic heterocycles. The van der Waals surface area contributed by atoms with Gasteiger partial charge in [0, 0.05) is 18.4 Å². The summed E-state index contributed by atoms with van der Waals surface area (Å²) in [5, 5.41) is 5.68. The van der Waals surface area contributed by atoms with Gasteiger partial charge >= 0.3 is 6.03 Å². The Morgan fingerprint density at radius 2 is 2.20 bits per heavy atom. The molecule has 0 radical (unpaired) electrons. The molecule has 0 saturated carbocycles. The molecule has 0 aliphatic carbocycles. The third kappa shape index (κ3) is 2.80. The van der Waals surface area contributed by atoms with E-state index in [1.54, 1.807) is 18.2 Å². The second kappa shape index (κ2) is 5.58. The van der Waals surface area contributed by atoms with Crippen molar-refractivity contribution in [3.8, 4) is 11.5 Å².